The largest absolute Gasteiger partial charge is 0.343 e. The zero-order valence-electron chi connectivity index (χ0n) is 15.9. The summed E-state index contributed by atoms with van der Waals surface area (Å²) in [4.78, 5) is 28.4. The number of hydrogen-bond donors (Lipinski definition) is 1. The van der Waals surface area contributed by atoms with Crippen LogP contribution in [-0.2, 0) is 9.59 Å². The number of likely N-dealkylation sites (N-methyl/N-ethyl adjacent to an activating group) is 1. The molecule has 1 aromatic rings. The Kier molecular flexibility index (Phi) is 6.66. The topological polar surface area (TPSA) is 52.7 Å². The Balaban J connectivity index is 1.69. The lowest BCUT2D eigenvalue weighted by molar-refractivity contribution is -0.141. The number of hydrogen-bond acceptors (Lipinski definition) is 3. The van der Waals surface area contributed by atoms with E-state index in [1.165, 1.54) is 0 Å². The number of nitrogens with one attached hydrogen (secondary N) is 1. The summed E-state index contributed by atoms with van der Waals surface area (Å²) in [5.41, 5.74) is 1.10. The van der Waals surface area contributed by atoms with E-state index < -0.39 is 0 Å². The number of benzene rings is 1. The minimum Gasteiger partial charge on any atom is -0.343 e. The molecule has 0 saturated carbocycles. The number of halogens is 2. The maximum Gasteiger partial charge on any atom is 0.225 e. The quantitative estimate of drug-likeness (QED) is 0.830. The first kappa shape index (κ1) is 20.4. The number of amides is 2. The molecule has 27 heavy (non-hydrogen) atoms. The zero-order chi connectivity index (χ0) is 19.6. The molecule has 2 fully saturated rings. The molecule has 0 spiro atoms. The third-order valence-electron chi connectivity index (χ3n) is 5.96. The van der Waals surface area contributed by atoms with Gasteiger partial charge in [0.05, 0.1) is 10.0 Å². The van der Waals surface area contributed by atoms with E-state index in [9.17, 15) is 9.59 Å². The Labute approximate surface area is 171 Å². The first-order valence-electron chi connectivity index (χ1n) is 9.57. The van der Waals surface area contributed by atoms with E-state index in [1.54, 1.807) is 6.92 Å². The van der Waals surface area contributed by atoms with E-state index in [-0.39, 0.29) is 23.7 Å². The van der Waals surface area contributed by atoms with E-state index in [0.29, 0.717) is 35.7 Å². The van der Waals surface area contributed by atoms with Crippen LogP contribution in [0.3, 0.4) is 0 Å². The minimum atomic E-state index is 0.0150. The molecule has 3 rings (SSSR count). The van der Waals surface area contributed by atoms with Gasteiger partial charge < -0.3 is 15.1 Å². The van der Waals surface area contributed by atoms with E-state index in [4.69, 9.17) is 23.2 Å². The third kappa shape index (κ3) is 4.58. The summed E-state index contributed by atoms with van der Waals surface area (Å²) in [6.07, 6.45) is 2.41. The standard InChI is InChI=1S/C20H27Cl2N3O2/c1-13(26)24-8-5-14(6-9-24)20(27)25-10-7-19(23-2)16(12-25)15-3-4-17(21)18(22)11-15/h3-4,11,14,16,19,23H,5-10,12H2,1-2H3. The summed E-state index contributed by atoms with van der Waals surface area (Å²) >= 11 is 12.3. The fourth-order valence-corrected chi connectivity index (χ4v) is 4.58. The fourth-order valence-electron chi connectivity index (χ4n) is 4.28. The van der Waals surface area contributed by atoms with Gasteiger partial charge in [0.15, 0.2) is 0 Å². The number of rotatable bonds is 3. The monoisotopic (exact) mass is 411 g/mol. The van der Waals surface area contributed by atoms with Gasteiger partial charge in [-0.3, -0.25) is 9.59 Å². The van der Waals surface area contributed by atoms with Crippen molar-refractivity contribution in [1.29, 1.82) is 0 Å². The first-order valence-corrected chi connectivity index (χ1v) is 10.3. The van der Waals surface area contributed by atoms with Crippen LogP contribution in [0.25, 0.3) is 0 Å². The molecule has 0 aromatic heterocycles. The van der Waals surface area contributed by atoms with Gasteiger partial charge >= 0.3 is 0 Å². The Morgan fingerprint density at radius 1 is 1.04 bits per heavy atom. The highest BCUT2D eigenvalue weighted by atomic mass is 35.5. The van der Waals surface area contributed by atoms with Crippen molar-refractivity contribution in [2.75, 3.05) is 33.2 Å². The van der Waals surface area contributed by atoms with Crippen molar-refractivity contribution in [3.05, 3.63) is 33.8 Å². The van der Waals surface area contributed by atoms with Crippen LogP contribution in [0.1, 0.15) is 37.7 Å². The van der Waals surface area contributed by atoms with Crippen LogP contribution in [0.5, 0.6) is 0 Å². The summed E-state index contributed by atoms with van der Waals surface area (Å²) in [6, 6.07) is 6.04. The van der Waals surface area contributed by atoms with Crippen molar-refractivity contribution in [3.63, 3.8) is 0 Å². The van der Waals surface area contributed by atoms with E-state index in [2.05, 4.69) is 5.32 Å². The van der Waals surface area contributed by atoms with Gasteiger partial charge in [-0.05, 0) is 44.0 Å². The molecule has 1 N–H and O–H groups in total. The molecule has 2 atom stereocenters. The van der Waals surface area contributed by atoms with Crippen molar-refractivity contribution < 1.29 is 9.59 Å². The lowest BCUT2D eigenvalue weighted by atomic mass is 9.85. The maximum atomic E-state index is 13.1. The lowest BCUT2D eigenvalue weighted by Gasteiger charge is -2.41. The van der Waals surface area contributed by atoms with Crippen LogP contribution in [0.15, 0.2) is 18.2 Å². The molecule has 2 aliphatic rings. The molecule has 2 amide bonds. The van der Waals surface area contributed by atoms with Gasteiger partial charge in [-0.25, -0.2) is 0 Å². The number of nitrogens with zero attached hydrogens (tertiary/aromatic N) is 2. The Hall–Kier alpha value is -1.30. The molecule has 2 aliphatic heterocycles. The number of carbonyl (C=O) groups is 2. The van der Waals surface area contributed by atoms with E-state index in [1.807, 2.05) is 35.0 Å². The normalized spacial score (nSPS) is 24.1. The fraction of sp³-hybridized carbons (Fsp3) is 0.600. The van der Waals surface area contributed by atoms with E-state index >= 15 is 0 Å². The highest BCUT2D eigenvalue weighted by Crippen LogP contribution is 2.33. The molecular weight excluding hydrogens is 385 g/mol. The number of carbonyl (C=O) groups excluding carboxylic acids is 2. The molecule has 0 radical (unpaired) electrons. The van der Waals surface area contributed by atoms with Crippen molar-refractivity contribution in [1.82, 2.24) is 15.1 Å². The second kappa shape index (κ2) is 8.80. The summed E-state index contributed by atoms with van der Waals surface area (Å²) < 4.78 is 0. The van der Waals surface area contributed by atoms with Gasteiger partial charge in [0.2, 0.25) is 11.8 Å². The Morgan fingerprint density at radius 3 is 2.30 bits per heavy atom. The highest BCUT2D eigenvalue weighted by Gasteiger charge is 2.35. The molecule has 0 aliphatic carbocycles. The van der Waals surface area contributed by atoms with E-state index in [0.717, 1.165) is 31.4 Å². The minimum absolute atomic E-state index is 0.0150. The molecular formula is C20H27Cl2N3O2. The summed E-state index contributed by atoms with van der Waals surface area (Å²) in [6.45, 7) is 4.38. The molecule has 2 saturated heterocycles. The third-order valence-corrected chi connectivity index (χ3v) is 6.70. The molecule has 2 heterocycles. The summed E-state index contributed by atoms with van der Waals surface area (Å²) in [7, 11) is 1.96. The summed E-state index contributed by atoms with van der Waals surface area (Å²) in [5, 5.41) is 4.47. The van der Waals surface area contributed by atoms with Gasteiger partial charge in [-0.2, -0.15) is 0 Å². The Morgan fingerprint density at radius 2 is 1.70 bits per heavy atom. The Bertz CT molecular complexity index is 704. The van der Waals surface area contributed by atoms with Gasteiger partial charge in [0.1, 0.15) is 0 Å². The van der Waals surface area contributed by atoms with Crippen LogP contribution < -0.4 is 5.32 Å². The lowest BCUT2D eigenvalue weighted by Crippen LogP contribution is -2.51. The maximum absolute atomic E-state index is 13.1. The van der Waals surface area contributed by atoms with Crippen molar-refractivity contribution in [2.45, 2.75) is 38.1 Å². The number of piperidine rings is 2. The van der Waals surface area contributed by atoms with Crippen LogP contribution in [-0.4, -0.2) is 60.9 Å². The number of likely N-dealkylation sites (tertiary alicyclic amines) is 2. The predicted octanol–water partition coefficient (Wildman–Crippen LogP) is 3.16. The van der Waals surface area contributed by atoms with Crippen LogP contribution in [0.2, 0.25) is 10.0 Å². The smallest absolute Gasteiger partial charge is 0.225 e. The molecule has 1 aromatic carbocycles. The van der Waals surface area contributed by atoms with Gasteiger partial charge in [0.25, 0.3) is 0 Å². The second-order valence-corrected chi connectivity index (χ2v) is 8.34. The molecule has 5 nitrogen and oxygen atoms in total. The van der Waals surface area contributed by atoms with Crippen molar-refractivity contribution in [2.24, 2.45) is 5.92 Å². The van der Waals surface area contributed by atoms with Crippen LogP contribution >= 0.6 is 23.2 Å². The van der Waals surface area contributed by atoms with Crippen LogP contribution in [0.4, 0.5) is 0 Å². The molecule has 0 bridgehead atoms. The predicted molar refractivity (Wildman–Crippen MR) is 108 cm³/mol. The van der Waals surface area contributed by atoms with Gasteiger partial charge in [-0.1, -0.05) is 29.3 Å². The van der Waals surface area contributed by atoms with Gasteiger partial charge in [0, 0.05) is 51.0 Å². The van der Waals surface area contributed by atoms with Gasteiger partial charge in [-0.15, -0.1) is 0 Å². The molecule has 7 heteroatoms. The second-order valence-electron chi connectivity index (χ2n) is 7.53. The molecule has 148 valence electrons. The van der Waals surface area contributed by atoms with Crippen molar-refractivity contribution in [3.8, 4) is 0 Å². The average Bonchev–Trinajstić information content (AvgIpc) is 2.69. The zero-order valence-corrected chi connectivity index (χ0v) is 17.4. The van der Waals surface area contributed by atoms with Crippen LogP contribution in [0, 0.1) is 5.92 Å². The molecule has 2 unspecified atom stereocenters. The average molecular weight is 412 g/mol. The first-order chi connectivity index (χ1) is 12.9. The SMILES string of the molecule is CNC1CCN(C(=O)C2CCN(C(C)=O)CC2)CC1c1ccc(Cl)c(Cl)c1. The van der Waals surface area contributed by atoms with Crippen molar-refractivity contribution >= 4 is 35.0 Å². The summed E-state index contributed by atoms with van der Waals surface area (Å²) in [5.74, 6) is 0.509. The highest BCUT2D eigenvalue weighted by molar-refractivity contribution is 6.42.